The molecule has 0 radical (unpaired) electrons. The normalized spacial score (nSPS) is 21.1. The molecule has 16 heavy (non-hydrogen) atoms. The number of anilines is 1. The average molecular weight is 224 g/mol. The van der Waals surface area contributed by atoms with Crippen molar-refractivity contribution in [3.8, 4) is 0 Å². The monoisotopic (exact) mass is 224 g/mol. The highest BCUT2D eigenvalue weighted by Gasteiger charge is 2.23. The molecule has 2 rings (SSSR count). The van der Waals surface area contributed by atoms with Crippen LogP contribution in [0.4, 0.5) is 10.3 Å². The number of piperidine rings is 1. The smallest absolute Gasteiger partial charge is 0.225 e. The first-order chi connectivity index (χ1) is 7.81. The summed E-state index contributed by atoms with van der Waals surface area (Å²) in [6, 6.07) is 0.407. The van der Waals surface area contributed by atoms with Crippen LogP contribution in [0.15, 0.2) is 12.4 Å². The van der Waals surface area contributed by atoms with Gasteiger partial charge in [-0.25, -0.2) is 14.4 Å². The maximum Gasteiger partial charge on any atom is 0.225 e. The highest BCUT2D eigenvalue weighted by Crippen LogP contribution is 2.23. The van der Waals surface area contributed by atoms with Crippen molar-refractivity contribution in [1.29, 1.82) is 0 Å². The Balaban J connectivity index is 2.13. The summed E-state index contributed by atoms with van der Waals surface area (Å²) < 4.78 is 12.7. The van der Waals surface area contributed by atoms with Gasteiger partial charge < -0.3 is 10.6 Å². The number of rotatable bonds is 3. The van der Waals surface area contributed by atoms with Gasteiger partial charge in [-0.3, -0.25) is 0 Å². The van der Waals surface area contributed by atoms with Gasteiger partial charge in [0.2, 0.25) is 5.95 Å². The molecule has 1 aromatic heterocycles. The fourth-order valence-corrected chi connectivity index (χ4v) is 2.21. The van der Waals surface area contributed by atoms with Crippen molar-refractivity contribution in [2.75, 3.05) is 18.0 Å². The molecule has 88 valence electrons. The maximum atomic E-state index is 12.7. The van der Waals surface area contributed by atoms with E-state index < -0.39 is 5.82 Å². The third kappa shape index (κ3) is 2.47. The molecule has 5 heteroatoms. The number of aromatic nitrogens is 2. The van der Waals surface area contributed by atoms with Crippen LogP contribution < -0.4 is 10.6 Å². The molecule has 1 aliphatic heterocycles. The largest absolute Gasteiger partial charge is 0.338 e. The molecule has 1 fully saturated rings. The van der Waals surface area contributed by atoms with Gasteiger partial charge in [0, 0.05) is 12.6 Å². The predicted octanol–water partition coefficient (Wildman–Crippen LogP) is 1.32. The second-order valence-electron chi connectivity index (χ2n) is 4.12. The van der Waals surface area contributed by atoms with Crippen LogP contribution in [0, 0.1) is 5.82 Å². The van der Waals surface area contributed by atoms with Gasteiger partial charge in [0.05, 0.1) is 12.4 Å². The highest BCUT2D eigenvalue weighted by atomic mass is 19.1. The topological polar surface area (TPSA) is 55.0 Å². The van der Waals surface area contributed by atoms with E-state index in [0.717, 1.165) is 25.8 Å². The van der Waals surface area contributed by atoms with E-state index in [2.05, 4.69) is 14.9 Å². The fraction of sp³-hybridized carbons (Fsp3) is 0.636. The molecule has 0 spiro atoms. The van der Waals surface area contributed by atoms with Crippen molar-refractivity contribution in [3.05, 3.63) is 18.2 Å². The van der Waals surface area contributed by atoms with Crippen LogP contribution in [-0.4, -0.2) is 29.1 Å². The van der Waals surface area contributed by atoms with E-state index in [1.165, 1.54) is 18.8 Å². The minimum atomic E-state index is -0.392. The van der Waals surface area contributed by atoms with Crippen LogP contribution in [-0.2, 0) is 0 Å². The Labute approximate surface area is 94.7 Å². The SMILES string of the molecule is NCCC1CCCCN1c1ncc(F)cn1. The Morgan fingerprint density at radius 2 is 2.12 bits per heavy atom. The van der Waals surface area contributed by atoms with Crippen LogP contribution in [0.25, 0.3) is 0 Å². The van der Waals surface area contributed by atoms with E-state index >= 15 is 0 Å². The van der Waals surface area contributed by atoms with E-state index in [1.807, 2.05) is 0 Å². The summed E-state index contributed by atoms with van der Waals surface area (Å²) in [7, 11) is 0. The van der Waals surface area contributed by atoms with Gasteiger partial charge in [0.25, 0.3) is 0 Å². The van der Waals surface area contributed by atoms with Gasteiger partial charge in [-0.2, -0.15) is 0 Å². The predicted molar refractivity (Wildman–Crippen MR) is 60.6 cm³/mol. The van der Waals surface area contributed by atoms with Gasteiger partial charge in [0.1, 0.15) is 0 Å². The summed E-state index contributed by atoms with van der Waals surface area (Å²) in [6.45, 7) is 1.61. The van der Waals surface area contributed by atoms with E-state index in [-0.39, 0.29) is 0 Å². The van der Waals surface area contributed by atoms with E-state index in [9.17, 15) is 4.39 Å². The van der Waals surface area contributed by atoms with Crippen molar-refractivity contribution in [2.45, 2.75) is 31.7 Å². The minimum Gasteiger partial charge on any atom is -0.338 e. The summed E-state index contributed by atoms with van der Waals surface area (Å²) in [5.41, 5.74) is 5.60. The molecule has 1 aromatic rings. The number of hydrogen-bond acceptors (Lipinski definition) is 4. The first-order valence-corrected chi connectivity index (χ1v) is 5.75. The summed E-state index contributed by atoms with van der Waals surface area (Å²) >= 11 is 0. The second kappa shape index (κ2) is 5.21. The zero-order valence-electron chi connectivity index (χ0n) is 9.27. The molecular weight excluding hydrogens is 207 g/mol. The van der Waals surface area contributed by atoms with Gasteiger partial charge in [-0.05, 0) is 32.2 Å². The zero-order chi connectivity index (χ0) is 11.4. The first-order valence-electron chi connectivity index (χ1n) is 5.75. The Kier molecular flexibility index (Phi) is 3.66. The van der Waals surface area contributed by atoms with Crippen molar-refractivity contribution in [3.63, 3.8) is 0 Å². The lowest BCUT2D eigenvalue weighted by Gasteiger charge is -2.35. The summed E-state index contributed by atoms with van der Waals surface area (Å²) in [4.78, 5) is 10.2. The third-order valence-electron chi connectivity index (χ3n) is 2.99. The number of halogens is 1. The van der Waals surface area contributed by atoms with Gasteiger partial charge in [-0.15, -0.1) is 0 Å². The second-order valence-corrected chi connectivity index (χ2v) is 4.12. The van der Waals surface area contributed by atoms with Crippen LogP contribution >= 0.6 is 0 Å². The average Bonchev–Trinajstić information content (AvgIpc) is 2.32. The molecule has 1 saturated heterocycles. The Morgan fingerprint density at radius 3 is 2.81 bits per heavy atom. The molecule has 1 atom stereocenters. The Bertz CT molecular complexity index is 325. The minimum absolute atomic E-state index is 0.392. The molecule has 0 aromatic carbocycles. The standard InChI is InChI=1S/C11H17FN4/c12-9-7-14-11(15-8-9)16-6-2-1-3-10(16)4-5-13/h7-8,10H,1-6,13H2. The number of nitrogens with zero attached hydrogens (tertiary/aromatic N) is 3. The Hall–Kier alpha value is -1.23. The van der Waals surface area contributed by atoms with Crippen LogP contribution in [0.2, 0.25) is 0 Å². The third-order valence-corrected chi connectivity index (χ3v) is 2.99. The van der Waals surface area contributed by atoms with Gasteiger partial charge >= 0.3 is 0 Å². The van der Waals surface area contributed by atoms with Crippen LogP contribution in [0.3, 0.4) is 0 Å². The van der Waals surface area contributed by atoms with E-state index in [4.69, 9.17) is 5.73 Å². The number of hydrogen-bond donors (Lipinski definition) is 1. The summed E-state index contributed by atoms with van der Waals surface area (Å²) in [6.07, 6.45) is 6.87. The van der Waals surface area contributed by atoms with Gasteiger partial charge in [0.15, 0.2) is 5.82 Å². The van der Waals surface area contributed by atoms with Crippen LogP contribution in [0.5, 0.6) is 0 Å². The molecule has 0 amide bonds. The van der Waals surface area contributed by atoms with Crippen molar-refractivity contribution in [2.24, 2.45) is 5.73 Å². The molecule has 2 heterocycles. The number of nitrogens with two attached hydrogens (primary N) is 1. The Morgan fingerprint density at radius 1 is 1.38 bits per heavy atom. The molecule has 4 nitrogen and oxygen atoms in total. The van der Waals surface area contributed by atoms with Gasteiger partial charge in [-0.1, -0.05) is 0 Å². The molecule has 0 bridgehead atoms. The van der Waals surface area contributed by atoms with Crippen molar-refractivity contribution in [1.82, 2.24) is 9.97 Å². The molecule has 0 aliphatic carbocycles. The van der Waals surface area contributed by atoms with E-state index in [1.54, 1.807) is 0 Å². The van der Waals surface area contributed by atoms with Crippen LogP contribution in [0.1, 0.15) is 25.7 Å². The molecular formula is C11H17FN4. The lowest BCUT2D eigenvalue weighted by Crippen LogP contribution is -2.41. The van der Waals surface area contributed by atoms with Crippen molar-refractivity contribution < 1.29 is 4.39 Å². The fourth-order valence-electron chi connectivity index (χ4n) is 2.21. The summed E-state index contributed by atoms with van der Waals surface area (Å²) in [5, 5.41) is 0. The maximum absolute atomic E-state index is 12.7. The lowest BCUT2D eigenvalue weighted by atomic mass is 10.00. The molecule has 2 N–H and O–H groups in total. The highest BCUT2D eigenvalue weighted by molar-refractivity contribution is 5.31. The zero-order valence-corrected chi connectivity index (χ0v) is 9.27. The first kappa shape index (κ1) is 11.3. The van der Waals surface area contributed by atoms with E-state index in [0.29, 0.717) is 18.5 Å². The summed E-state index contributed by atoms with van der Waals surface area (Å²) in [5.74, 6) is 0.232. The molecule has 0 saturated carbocycles. The quantitative estimate of drug-likeness (QED) is 0.841. The molecule has 1 aliphatic rings. The van der Waals surface area contributed by atoms with Crippen molar-refractivity contribution >= 4 is 5.95 Å². The lowest BCUT2D eigenvalue weighted by molar-refractivity contribution is 0.434. The molecule has 1 unspecified atom stereocenters.